The van der Waals surface area contributed by atoms with E-state index in [9.17, 15) is 13.6 Å². The minimum absolute atomic E-state index is 0.00152. The van der Waals surface area contributed by atoms with E-state index < -0.39 is 11.7 Å². The number of carbonyl (C=O) groups is 1. The number of Topliss-reactive ketones (excluding diaryl/α,β-unsaturated/α-hetero) is 1. The van der Waals surface area contributed by atoms with Crippen LogP contribution < -0.4 is 9.47 Å². The number of alkyl halides is 2. The molecular formula is C22H19F2NO3. The van der Waals surface area contributed by atoms with Crippen LogP contribution in [-0.2, 0) is 23.1 Å². The summed E-state index contributed by atoms with van der Waals surface area (Å²) in [5.41, 5.74) is 3.28. The number of hydrogen-bond acceptors (Lipinski definition) is 3. The molecule has 0 radical (unpaired) electrons. The zero-order chi connectivity index (χ0) is 19.5. The lowest BCUT2D eigenvalue weighted by Crippen LogP contribution is -2.26. The number of halogens is 2. The van der Waals surface area contributed by atoms with Crippen LogP contribution in [0, 0.1) is 0 Å². The van der Waals surface area contributed by atoms with E-state index in [1.165, 1.54) is 12.1 Å². The zero-order valence-electron chi connectivity index (χ0n) is 15.4. The summed E-state index contributed by atoms with van der Waals surface area (Å²) in [7, 11) is 0. The highest BCUT2D eigenvalue weighted by atomic mass is 19.3. The molecule has 2 heterocycles. The average Bonchev–Trinajstić information content (AvgIpc) is 3.26. The fourth-order valence-electron chi connectivity index (χ4n) is 4.00. The van der Waals surface area contributed by atoms with E-state index in [1.54, 1.807) is 6.07 Å². The highest BCUT2D eigenvalue weighted by molar-refractivity contribution is 5.95. The van der Waals surface area contributed by atoms with Crippen molar-refractivity contribution in [1.82, 2.24) is 4.98 Å². The molecule has 1 N–H and O–H groups in total. The second-order valence-corrected chi connectivity index (χ2v) is 7.58. The number of nitrogens with one attached hydrogen (secondary N) is 1. The topological polar surface area (TPSA) is 51.3 Å². The molecule has 1 fully saturated rings. The summed E-state index contributed by atoms with van der Waals surface area (Å²) in [5.74, 6) is 0.0905. The summed E-state index contributed by atoms with van der Waals surface area (Å²) in [5, 5.41) is 1.09. The number of H-pyrrole nitrogens is 1. The molecule has 1 saturated carbocycles. The number of carbonyl (C=O) groups excluding carboxylic acids is 1. The van der Waals surface area contributed by atoms with E-state index >= 15 is 0 Å². The van der Waals surface area contributed by atoms with Gasteiger partial charge in [0.1, 0.15) is 5.78 Å². The molecule has 1 aromatic heterocycles. The number of hydrogen-bond donors (Lipinski definition) is 1. The van der Waals surface area contributed by atoms with E-state index in [0.29, 0.717) is 24.8 Å². The van der Waals surface area contributed by atoms with E-state index in [0.717, 1.165) is 28.6 Å². The van der Waals surface area contributed by atoms with Crippen LogP contribution in [-0.4, -0.2) is 17.1 Å². The number of benzene rings is 2. The molecule has 2 aliphatic rings. The van der Waals surface area contributed by atoms with Crippen LogP contribution in [0.25, 0.3) is 10.9 Å². The molecule has 28 heavy (non-hydrogen) atoms. The van der Waals surface area contributed by atoms with Crippen molar-refractivity contribution in [2.75, 3.05) is 0 Å². The van der Waals surface area contributed by atoms with Gasteiger partial charge in [0.2, 0.25) is 0 Å². The van der Waals surface area contributed by atoms with E-state index in [1.807, 2.05) is 18.2 Å². The monoisotopic (exact) mass is 383 g/mol. The molecule has 6 heteroatoms. The third kappa shape index (κ3) is 2.75. The summed E-state index contributed by atoms with van der Waals surface area (Å²) in [6, 6.07) is 12.8. The highest BCUT2D eigenvalue weighted by Gasteiger charge is 2.52. The van der Waals surface area contributed by atoms with Gasteiger partial charge in [-0.3, -0.25) is 4.79 Å². The van der Waals surface area contributed by atoms with Crippen molar-refractivity contribution in [2.24, 2.45) is 0 Å². The molecule has 3 aromatic rings. The van der Waals surface area contributed by atoms with Crippen LogP contribution in [0.15, 0.2) is 42.5 Å². The summed E-state index contributed by atoms with van der Waals surface area (Å²) in [4.78, 5) is 16.4. The van der Waals surface area contributed by atoms with Gasteiger partial charge in [-0.2, -0.15) is 0 Å². The molecule has 5 rings (SSSR count). The Hall–Kier alpha value is -2.89. The number of rotatable bonds is 5. The second kappa shape index (κ2) is 5.80. The predicted molar refractivity (Wildman–Crippen MR) is 99.9 cm³/mol. The van der Waals surface area contributed by atoms with Gasteiger partial charge in [-0.05, 0) is 66.1 Å². The zero-order valence-corrected chi connectivity index (χ0v) is 15.4. The number of ketones is 1. The molecule has 0 bridgehead atoms. The number of ether oxygens (including phenoxy) is 2. The SMILES string of the molecule is CCc1cc2cc(CC(=O)C3(c4ccc5c(c4)OC(F)(F)O5)CC3)ccc2[nH]1. The third-order valence-corrected chi connectivity index (χ3v) is 5.72. The maximum Gasteiger partial charge on any atom is 0.586 e. The predicted octanol–water partition coefficient (Wildman–Crippen LogP) is 4.90. The fourth-order valence-corrected chi connectivity index (χ4v) is 4.00. The molecule has 0 amide bonds. The lowest BCUT2D eigenvalue weighted by Gasteiger charge is -2.15. The highest BCUT2D eigenvalue weighted by Crippen LogP contribution is 2.52. The Morgan fingerprint density at radius 1 is 1.07 bits per heavy atom. The Morgan fingerprint density at radius 2 is 1.86 bits per heavy atom. The van der Waals surface area contributed by atoms with Crippen molar-refractivity contribution in [3.8, 4) is 11.5 Å². The maximum atomic E-state index is 13.3. The van der Waals surface area contributed by atoms with Crippen LogP contribution in [0.2, 0.25) is 0 Å². The molecule has 1 aliphatic carbocycles. The van der Waals surface area contributed by atoms with Crippen molar-refractivity contribution >= 4 is 16.7 Å². The van der Waals surface area contributed by atoms with Crippen LogP contribution in [0.3, 0.4) is 0 Å². The Labute approximate surface area is 160 Å². The van der Waals surface area contributed by atoms with Gasteiger partial charge in [0, 0.05) is 17.6 Å². The first-order chi connectivity index (χ1) is 13.4. The largest absolute Gasteiger partial charge is 0.586 e. The maximum absolute atomic E-state index is 13.3. The number of fused-ring (bicyclic) bond motifs is 2. The Bertz CT molecular complexity index is 1100. The lowest BCUT2D eigenvalue weighted by molar-refractivity contribution is -0.286. The van der Waals surface area contributed by atoms with Crippen LogP contribution in [0.4, 0.5) is 8.78 Å². The van der Waals surface area contributed by atoms with Gasteiger partial charge in [0.15, 0.2) is 11.5 Å². The summed E-state index contributed by atoms with van der Waals surface area (Å²) >= 11 is 0. The Morgan fingerprint density at radius 3 is 2.61 bits per heavy atom. The van der Waals surface area contributed by atoms with Crippen molar-refractivity contribution in [2.45, 2.75) is 44.3 Å². The minimum Gasteiger partial charge on any atom is -0.395 e. The van der Waals surface area contributed by atoms with Crippen molar-refractivity contribution in [3.63, 3.8) is 0 Å². The van der Waals surface area contributed by atoms with Crippen molar-refractivity contribution in [1.29, 1.82) is 0 Å². The molecule has 0 spiro atoms. The lowest BCUT2D eigenvalue weighted by atomic mass is 9.87. The molecule has 2 aromatic carbocycles. The van der Waals surface area contributed by atoms with Crippen LogP contribution in [0.5, 0.6) is 11.5 Å². The second-order valence-electron chi connectivity index (χ2n) is 7.58. The molecule has 1 aliphatic heterocycles. The molecule has 4 nitrogen and oxygen atoms in total. The standard InChI is InChI=1S/C22H19F2NO3/c1-2-16-11-14-9-13(3-5-17(14)25-16)10-20(26)21(7-8-21)15-4-6-18-19(12-15)28-22(23,24)27-18/h3-6,9,11-12,25H,2,7-8,10H2,1H3. The minimum atomic E-state index is -3.65. The molecule has 0 saturated heterocycles. The quantitative estimate of drug-likeness (QED) is 0.682. The average molecular weight is 383 g/mol. The van der Waals surface area contributed by atoms with Gasteiger partial charge in [-0.1, -0.05) is 19.1 Å². The Balaban J connectivity index is 1.40. The summed E-state index contributed by atoms with van der Waals surface area (Å²) < 4.78 is 35.5. The normalized spacial score (nSPS) is 18.4. The smallest absolute Gasteiger partial charge is 0.395 e. The van der Waals surface area contributed by atoms with Gasteiger partial charge in [0.05, 0.1) is 5.41 Å². The van der Waals surface area contributed by atoms with E-state index in [4.69, 9.17) is 0 Å². The number of aromatic nitrogens is 1. The molecule has 0 atom stereocenters. The first-order valence-electron chi connectivity index (χ1n) is 9.43. The third-order valence-electron chi connectivity index (χ3n) is 5.72. The number of aromatic amines is 1. The van der Waals surface area contributed by atoms with E-state index in [-0.39, 0.29) is 17.3 Å². The van der Waals surface area contributed by atoms with Gasteiger partial charge in [-0.15, -0.1) is 8.78 Å². The fraction of sp³-hybridized carbons (Fsp3) is 0.318. The van der Waals surface area contributed by atoms with Crippen LogP contribution in [0.1, 0.15) is 36.6 Å². The molecule has 0 unspecified atom stereocenters. The van der Waals surface area contributed by atoms with Crippen LogP contribution >= 0.6 is 0 Å². The number of aryl methyl sites for hydroxylation is 1. The van der Waals surface area contributed by atoms with Gasteiger partial charge in [0.25, 0.3) is 0 Å². The van der Waals surface area contributed by atoms with Crippen molar-refractivity contribution in [3.05, 3.63) is 59.3 Å². The van der Waals surface area contributed by atoms with E-state index in [2.05, 4.69) is 27.4 Å². The summed E-state index contributed by atoms with van der Waals surface area (Å²) in [6.07, 6.45) is -0.976. The first kappa shape index (κ1) is 17.2. The van der Waals surface area contributed by atoms with Gasteiger partial charge in [-0.25, -0.2) is 0 Å². The molecular weight excluding hydrogens is 364 g/mol. The molecule has 144 valence electrons. The first-order valence-corrected chi connectivity index (χ1v) is 9.43. The van der Waals surface area contributed by atoms with Gasteiger partial charge < -0.3 is 14.5 Å². The Kier molecular flexibility index (Phi) is 3.57. The summed E-state index contributed by atoms with van der Waals surface area (Å²) in [6.45, 7) is 2.09. The van der Waals surface area contributed by atoms with Gasteiger partial charge >= 0.3 is 6.29 Å². The van der Waals surface area contributed by atoms with Crippen molar-refractivity contribution < 1.29 is 23.0 Å².